The van der Waals surface area contributed by atoms with Gasteiger partial charge in [0.05, 0.1) is 18.8 Å². The molecule has 2 atom stereocenters. The Kier molecular flexibility index (Phi) is 4.10. The third-order valence-electron chi connectivity index (χ3n) is 3.11. The van der Waals surface area contributed by atoms with Gasteiger partial charge in [-0.2, -0.15) is 0 Å². The fraction of sp³-hybridized carbons (Fsp3) is 0.538. The molecule has 1 aliphatic rings. The second-order valence-electron chi connectivity index (χ2n) is 4.53. The van der Waals surface area contributed by atoms with E-state index in [1.165, 1.54) is 6.07 Å². The van der Waals surface area contributed by atoms with Crippen LogP contribution < -0.4 is 0 Å². The minimum Gasteiger partial charge on any atom is -0.390 e. The van der Waals surface area contributed by atoms with Crippen molar-refractivity contribution in [2.45, 2.75) is 18.6 Å². The number of aliphatic hydroxyl groups excluding tert-OH is 1. The van der Waals surface area contributed by atoms with E-state index in [1.807, 2.05) is 7.05 Å². The van der Waals surface area contributed by atoms with E-state index in [2.05, 4.69) is 4.90 Å². The summed E-state index contributed by atoms with van der Waals surface area (Å²) >= 11 is 0. The van der Waals surface area contributed by atoms with Gasteiger partial charge in [0.2, 0.25) is 0 Å². The predicted octanol–water partition coefficient (Wildman–Crippen LogP) is 1.06. The average molecular weight is 239 g/mol. The minimum atomic E-state index is -0.658. The number of ether oxygens (including phenoxy) is 1. The van der Waals surface area contributed by atoms with E-state index in [4.69, 9.17) is 4.74 Å². The first kappa shape index (κ1) is 12.5. The highest BCUT2D eigenvalue weighted by molar-refractivity contribution is 5.18. The van der Waals surface area contributed by atoms with Crippen molar-refractivity contribution >= 4 is 0 Å². The first-order valence-corrected chi connectivity index (χ1v) is 5.88. The molecular formula is C13H18FNO2. The molecule has 0 bridgehead atoms. The summed E-state index contributed by atoms with van der Waals surface area (Å²) in [6, 6.07) is 6.54. The molecule has 17 heavy (non-hydrogen) atoms. The van der Waals surface area contributed by atoms with Crippen LogP contribution in [-0.2, 0) is 11.2 Å². The van der Waals surface area contributed by atoms with E-state index < -0.39 is 6.10 Å². The minimum absolute atomic E-state index is 0.228. The number of hydrogen-bond acceptors (Lipinski definition) is 3. The zero-order valence-corrected chi connectivity index (χ0v) is 9.97. The normalized spacial score (nSPS) is 23.6. The van der Waals surface area contributed by atoms with Crippen molar-refractivity contribution in [3.63, 3.8) is 0 Å². The van der Waals surface area contributed by atoms with Gasteiger partial charge in [-0.25, -0.2) is 4.39 Å². The van der Waals surface area contributed by atoms with Crippen molar-refractivity contribution in [3.8, 4) is 0 Å². The Morgan fingerprint density at radius 2 is 2.29 bits per heavy atom. The van der Waals surface area contributed by atoms with Crippen molar-refractivity contribution in [2.24, 2.45) is 0 Å². The van der Waals surface area contributed by atoms with Gasteiger partial charge in [-0.15, -0.1) is 0 Å². The number of morpholine rings is 1. The van der Waals surface area contributed by atoms with Crippen LogP contribution in [0.4, 0.5) is 4.39 Å². The standard InChI is InChI=1S/C13H18FNO2/c1-15-6-7-17-13(9-15)12(16)8-10-4-2-3-5-11(10)14/h2-5,12-13,16H,6-9H2,1H3. The third-order valence-corrected chi connectivity index (χ3v) is 3.11. The van der Waals surface area contributed by atoms with Crippen LogP contribution in [-0.4, -0.2) is 49.0 Å². The van der Waals surface area contributed by atoms with E-state index in [1.54, 1.807) is 18.2 Å². The Hall–Kier alpha value is -0.970. The van der Waals surface area contributed by atoms with Crippen molar-refractivity contribution in [2.75, 3.05) is 26.7 Å². The molecular weight excluding hydrogens is 221 g/mol. The molecule has 94 valence electrons. The molecule has 0 radical (unpaired) electrons. The quantitative estimate of drug-likeness (QED) is 0.856. The van der Waals surface area contributed by atoms with Crippen molar-refractivity contribution in [1.82, 2.24) is 4.90 Å². The Balaban J connectivity index is 1.96. The number of nitrogens with zero attached hydrogens (tertiary/aromatic N) is 1. The molecule has 0 aliphatic carbocycles. The number of halogens is 1. The first-order chi connectivity index (χ1) is 8.16. The van der Waals surface area contributed by atoms with Crippen LogP contribution in [0.1, 0.15) is 5.56 Å². The molecule has 4 heteroatoms. The Bertz CT molecular complexity index is 372. The lowest BCUT2D eigenvalue weighted by molar-refractivity contribution is -0.0825. The van der Waals surface area contributed by atoms with E-state index in [-0.39, 0.29) is 11.9 Å². The lowest BCUT2D eigenvalue weighted by Gasteiger charge is -2.33. The summed E-state index contributed by atoms with van der Waals surface area (Å²) in [4.78, 5) is 2.11. The second-order valence-corrected chi connectivity index (χ2v) is 4.53. The summed E-state index contributed by atoms with van der Waals surface area (Å²) in [5.74, 6) is -0.268. The van der Waals surface area contributed by atoms with Crippen LogP contribution in [0.15, 0.2) is 24.3 Å². The van der Waals surface area contributed by atoms with Gasteiger partial charge in [-0.1, -0.05) is 18.2 Å². The largest absolute Gasteiger partial charge is 0.390 e. The molecule has 1 aromatic rings. The van der Waals surface area contributed by atoms with Gasteiger partial charge in [0.1, 0.15) is 5.82 Å². The molecule has 0 aromatic heterocycles. The average Bonchev–Trinajstić information content (AvgIpc) is 2.32. The highest BCUT2D eigenvalue weighted by Gasteiger charge is 2.25. The molecule has 1 N–H and O–H groups in total. The Morgan fingerprint density at radius 1 is 1.53 bits per heavy atom. The fourth-order valence-corrected chi connectivity index (χ4v) is 2.06. The van der Waals surface area contributed by atoms with Crippen LogP contribution in [0, 0.1) is 5.82 Å². The number of rotatable bonds is 3. The van der Waals surface area contributed by atoms with E-state index in [9.17, 15) is 9.50 Å². The van der Waals surface area contributed by atoms with E-state index >= 15 is 0 Å². The molecule has 1 saturated heterocycles. The summed E-state index contributed by atoms with van der Waals surface area (Å²) in [6.07, 6.45) is -0.589. The van der Waals surface area contributed by atoms with Gasteiger partial charge in [0.15, 0.2) is 0 Å². The highest BCUT2D eigenvalue weighted by Crippen LogP contribution is 2.14. The van der Waals surface area contributed by atoms with Crippen LogP contribution in [0.2, 0.25) is 0 Å². The maximum atomic E-state index is 13.4. The topological polar surface area (TPSA) is 32.7 Å². The summed E-state index contributed by atoms with van der Waals surface area (Å²) < 4.78 is 18.9. The smallest absolute Gasteiger partial charge is 0.126 e. The summed E-state index contributed by atoms with van der Waals surface area (Å²) in [5, 5.41) is 10.1. The molecule has 1 aliphatic heterocycles. The zero-order chi connectivity index (χ0) is 12.3. The van der Waals surface area contributed by atoms with E-state index in [0.29, 0.717) is 25.1 Å². The number of likely N-dealkylation sites (N-methyl/N-ethyl adjacent to an activating group) is 1. The summed E-state index contributed by atoms with van der Waals surface area (Å²) in [7, 11) is 1.99. The Labute approximate surface area is 101 Å². The fourth-order valence-electron chi connectivity index (χ4n) is 2.06. The van der Waals surface area contributed by atoms with Gasteiger partial charge in [-0.05, 0) is 18.7 Å². The molecule has 0 spiro atoms. The SMILES string of the molecule is CN1CCOC(C(O)Cc2ccccc2F)C1. The predicted molar refractivity (Wildman–Crippen MR) is 63.3 cm³/mol. The van der Waals surface area contributed by atoms with Gasteiger partial charge in [-0.3, -0.25) is 0 Å². The molecule has 3 nitrogen and oxygen atoms in total. The van der Waals surface area contributed by atoms with Gasteiger partial charge in [0.25, 0.3) is 0 Å². The lowest BCUT2D eigenvalue weighted by atomic mass is 10.0. The van der Waals surface area contributed by atoms with Crippen molar-refractivity contribution in [1.29, 1.82) is 0 Å². The van der Waals surface area contributed by atoms with Crippen LogP contribution in [0.3, 0.4) is 0 Å². The number of aliphatic hydroxyl groups is 1. The second kappa shape index (κ2) is 5.58. The van der Waals surface area contributed by atoms with Crippen LogP contribution >= 0.6 is 0 Å². The Morgan fingerprint density at radius 3 is 3.00 bits per heavy atom. The third kappa shape index (κ3) is 3.25. The van der Waals surface area contributed by atoms with Crippen molar-refractivity contribution < 1.29 is 14.2 Å². The lowest BCUT2D eigenvalue weighted by Crippen LogP contribution is -2.46. The highest BCUT2D eigenvalue weighted by atomic mass is 19.1. The molecule has 2 rings (SSSR count). The molecule has 2 unspecified atom stereocenters. The van der Waals surface area contributed by atoms with Crippen molar-refractivity contribution in [3.05, 3.63) is 35.6 Å². The van der Waals surface area contributed by atoms with Crippen LogP contribution in [0.25, 0.3) is 0 Å². The van der Waals surface area contributed by atoms with Gasteiger partial charge < -0.3 is 14.7 Å². The van der Waals surface area contributed by atoms with Crippen LogP contribution in [0.5, 0.6) is 0 Å². The molecule has 1 aromatic carbocycles. The monoisotopic (exact) mass is 239 g/mol. The number of benzene rings is 1. The summed E-state index contributed by atoms with van der Waals surface area (Å²) in [5.41, 5.74) is 0.539. The van der Waals surface area contributed by atoms with Gasteiger partial charge in [0, 0.05) is 19.5 Å². The summed E-state index contributed by atoms with van der Waals surface area (Å²) in [6.45, 7) is 2.19. The van der Waals surface area contributed by atoms with E-state index in [0.717, 1.165) is 6.54 Å². The molecule has 1 heterocycles. The number of hydrogen-bond donors (Lipinski definition) is 1. The molecule has 1 fully saturated rings. The molecule has 0 saturated carbocycles. The first-order valence-electron chi connectivity index (χ1n) is 5.88. The maximum absolute atomic E-state index is 13.4. The van der Waals surface area contributed by atoms with Gasteiger partial charge >= 0.3 is 0 Å². The molecule has 0 amide bonds. The maximum Gasteiger partial charge on any atom is 0.126 e. The zero-order valence-electron chi connectivity index (χ0n) is 9.97.